The maximum atomic E-state index is 12.1. The quantitative estimate of drug-likeness (QED) is 0.202. The number of hydrogen-bond donors (Lipinski definition) is 2. The van der Waals surface area contributed by atoms with Gasteiger partial charge in [0.05, 0.1) is 19.6 Å². The zero-order valence-electron chi connectivity index (χ0n) is 17.7. The second-order valence-electron chi connectivity index (χ2n) is 6.75. The van der Waals surface area contributed by atoms with Gasteiger partial charge in [0.25, 0.3) is 0 Å². The number of methoxy groups -OCH3 is 1. The summed E-state index contributed by atoms with van der Waals surface area (Å²) < 4.78 is 15.5. The predicted octanol–water partition coefficient (Wildman–Crippen LogP) is 3.21. The summed E-state index contributed by atoms with van der Waals surface area (Å²) in [6, 6.07) is 13.2. The van der Waals surface area contributed by atoms with Gasteiger partial charge in [0, 0.05) is 5.69 Å². The molecule has 0 aliphatic rings. The summed E-state index contributed by atoms with van der Waals surface area (Å²) in [5, 5.41) is 6.34. The van der Waals surface area contributed by atoms with Crippen LogP contribution in [0.1, 0.15) is 27.2 Å². The van der Waals surface area contributed by atoms with E-state index < -0.39 is 17.8 Å². The summed E-state index contributed by atoms with van der Waals surface area (Å²) in [6.07, 6.45) is 2.69. The summed E-state index contributed by atoms with van der Waals surface area (Å²) in [4.78, 5) is 36.1. The third kappa shape index (κ3) is 5.60. The average Bonchev–Trinajstić information content (AvgIpc) is 3.32. The fourth-order valence-electron chi connectivity index (χ4n) is 2.66. The number of carbonyl (C=O) groups excluding carboxylic acids is 3. The molecular formula is C23H21N3O6. The number of nitrogens with zero attached hydrogens (tertiary/aromatic N) is 1. The Bertz CT molecular complexity index is 1170. The summed E-state index contributed by atoms with van der Waals surface area (Å²) in [5.41, 5.74) is 5.05. The van der Waals surface area contributed by atoms with Crippen molar-refractivity contribution in [3.05, 3.63) is 77.2 Å². The number of carbonyl (C=O) groups is 3. The van der Waals surface area contributed by atoms with Crippen molar-refractivity contribution in [3.63, 3.8) is 0 Å². The molecular weight excluding hydrogens is 414 g/mol. The molecule has 3 rings (SSSR count). The zero-order chi connectivity index (χ0) is 23.1. The van der Waals surface area contributed by atoms with Crippen molar-refractivity contribution < 1.29 is 28.3 Å². The van der Waals surface area contributed by atoms with Crippen LogP contribution in [0, 0.1) is 13.8 Å². The number of rotatable bonds is 6. The number of anilines is 1. The number of esters is 1. The molecule has 3 aromatic rings. The Morgan fingerprint density at radius 3 is 2.53 bits per heavy atom. The first kappa shape index (κ1) is 22.3. The molecule has 0 fully saturated rings. The van der Waals surface area contributed by atoms with Gasteiger partial charge in [-0.3, -0.25) is 9.59 Å². The number of hydrogen-bond acceptors (Lipinski definition) is 7. The molecule has 0 aliphatic heterocycles. The van der Waals surface area contributed by atoms with Crippen LogP contribution in [0.5, 0.6) is 11.5 Å². The standard InChI is InChI=1S/C23H21N3O6/c1-14-6-7-15(2)17(11-14)25-21(27)22(28)26-24-13-16-8-9-18(20(12-16)30-3)32-23(29)19-5-4-10-31-19/h4-13H,1-3H3,(H,25,27)(H,26,28). The van der Waals surface area contributed by atoms with E-state index in [0.29, 0.717) is 11.3 Å². The van der Waals surface area contributed by atoms with Gasteiger partial charge in [0.2, 0.25) is 5.76 Å². The molecule has 0 unspecified atom stereocenters. The van der Waals surface area contributed by atoms with Gasteiger partial charge in [-0.05, 0) is 66.9 Å². The number of nitrogens with one attached hydrogen (secondary N) is 2. The summed E-state index contributed by atoms with van der Waals surface area (Å²) in [5.74, 6) is -1.92. The van der Waals surface area contributed by atoms with Gasteiger partial charge < -0.3 is 19.2 Å². The van der Waals surface area contributed by atoms with E-state index in [2.05, 4.69) is 15.8 Å². The number of ether oxygens (including phenoxy) is 2. The minimum atomic E-state index is -0.918. The maximum Gasteiger partial charge on any atom is 0.379 e. The van der Waals surface area contributed by atoms with Gasteiger partial charge in [-0.15, -0.1) is 0 Å². The highest BCUT2D eigenvalue weighted by Gasteiger charge is 2.16. The highest BCUT2D eigenvalue weighted by molar-refractivity contribution is 6.39. The Balaban J connectivity index is 1.60. The minimum Gasteiger partial charge on any atom is -0.493 e. The lowest BCUT2D eigenvalue weighted by Crippen LogP contribution is -2.32. The fourth-order valence-corrected chi connectivity index (χ4v) is 2.66. The SMILES string of the molecule is COc1cc(C=NNC(=O)C(=O)Nc2cc(C)ccc2C)ccc1OC(=O)c1ccco1. The van der Waals surface area contributed by atoms with Crippen LogP contribution < -0.4 is 20.2 Å². The molecule has 164 valence electrons. The number of furan rings is 1. The third-order valence-electron chi connectivity index (χ3n) is 4.34. The van der Waals surface area contributed by atoms with Gasteiger partial charge in [0.1, 0.15) is 0 Å². The van der Waals surface area contributed by atoms with Crippen molar-refractivity contribution in [2.45, 2.75) is 13.8 Å². The predicted molar refractivity (Wildman–Crippen MR) is 117 cm³/mol. The molecule has 0 atom stereocenters. The molecule has 0 saturated heterocycles. The van der Waals surface area contributed by atoms with E-state index in [9.17, 15) is 14.4 Å². The number of benzene rings is 2. The molecule has 2 amide bonds. The van der Waals surface area contributed by atoms with E-state index >= 15 is 0 Å². The van der Waals surface area contributed by atoms with Gasteiger partial charge in [-0.25, -0.2) is 10.2 Å². The smallest absolute Gasteiger partial charge is 0.379 e. The number of aryl methyl sites for hydroxylation is 2. The molecule has 2 aromatic carbocycles. The van der Waals surface area contributed by atoms with Crippen LogP contribution in [-0.2, 0) is 9.59 Å². The Morgan fingerprint density at radius 1 is 1.00 bits per heavy atom. The second-order valence-corrected chi connectivity index (χ2v) is 6.75. The summed E-state index contributed by atoms with van der Waals surface area (Å²) in [7, 11) is 1.42. The Morgan fingerprint density at radius 2 is 1.81 bits per heavy atom. The Hall–Kier alpha value is -4.40. The molecule has 0 aliphatic carbocycles. The van der Waals surface area contributed by atoms with Crippen LogP contribution in [-0.4, -0.2) is 31.1 Å². The highest BCUT2D eigenvalue weighted by atomic mass is 16.6. The molecule has 0 saturated carbocycles. The first-order valence-corrected chi connectivity index (χ1v) is 9.52. The number of hydrazone groups is 1. The van der Waals surface area contributed by atoms with Crippen molar-refractivity contribution in [1.29, 1.82) is 0 Å². The van der Waals surface area contributed by atoms with Crippen LogP contribution in [0.4, 0.5) is 5.69 Å². The van der Waals surface area contributed by atoms with E-state index in [-0.39, 0.29) is 17.3 Å². The van der Waals surface area contributed by atoms with Gasteiger partial charge >= 0.3 is 17.8 Å². The molecule has 1 heterocycles. The van der Waals surface area contributed by atoms with Gasteiger partial charge in [-0.1, -0.05) is 12.1 Å². The summed E-state index contributed by atoms with van der Waals surface area (Å²) in [6.45, 7) is 3.71. The Labute approximate surface area is 184 Å². The van der Waals surface area contributed by atoms with E-state index in [1.807, 2.05) is 26.0 Å². The highest BCUT2D eigenvalue weighted by Crippen LogP contribution is 2.28. The molecule has 0 radical (unpaired) electrons. The lowest BCUT2D eigenvalue weighted by Gasteiger charge is -2.09. The van der Waals surface area contributed by atoms with E-state index in [1.54, 1.807) is 24.3 Å². The van der Waals surface area contributed by atoms with Gasteiger partial charge in [0.15, 0.2) is 11.5 Å². The summed E-state index contributed by atoms with van der Waals surface area (Å²) >= 11 is 0. The largest absolute Gasteiger partial charge is 0.493 e. The van der Waals surface area contributed by atoms with Crippen molar-refractivity contribution in [2.75, 3.05) is 12.4 Å². The van der Waals surface area contributed by atoms with E-state index in [4.69, 9.17) is 13.9 Å². The molecule has 32 heavy (non-hydrogen) atoms. The van der Waals surface area contributed by atoms with Crippen LogP contribution in [0.3, 0.4) is 0 Å². The molecule has 0 bridgehead atoms. The topological polar surface area (TPSA) is 119 Å². The molecule has 0 spiro atoms. The van der Waals surface area contributed by atoms with Crippen molar-refractivity contribution in [2.24, 2.45) is 5.10 Å². The van der Waals surface area contributed by atoms with Crippen LogP contribution in [0.15, 0.2) is 64.3 Å². The lowest BCUT2D eigenvalue weighted by molar-refractivity contribution is -0.136. The average molecular weight is 435 g/mol. The van der Waals surface area contributed by atoms with Crippen LogP contribution in [0.25, 0.3) is 0 Å². The minimum absolute atomic E-state index is 0.0551. The van der Waals surface area contributed by atoms with E-state index in [1.165, 1.54) is 31.7 Å². The van der Waals surface area contributed by atoms with Crippen LogP contribution in [0.2, 0.25) is 0 Å². The van der Waals surface area contributed by atoms with Crippen molar-refractivity contribution >= 4 is 29.7 Å². The zero-order valence-corrected chi connectivity index (χ0v) is 17.7. The molecule has 2 N–H and O–H groups in total. The monoisotopic (exact) mass is 435 g/mol. The van der Waals surface area contributed by atoms with Crippen molar-refractivity contribution in [1.82, 2.24) is 5.43 Å². The normalized spacial score (nSPS) is 10.6. The van der Waals surface area contributed by atoms with Crippen LogP contribution >= 0.6 is 0 Å². The molecule has 1 aromatic heterocycles. The Kier molecular flexibility index (Phi) is 7.02. The lowest BCUT2D eigenvalue weighted by atomic mass is 10.1. The first-order valence-electron chi connectivity index (χ1n) is 9.52. The molecule has 9 heteroatoms. The van der Waals surface area contributed by atoms with E-state index in [0.717, 1.165) is 11.1 Å². The first-order chi connectivity index (χ1) is 15.4. The van der Waals surface area contributed by atoms with Crippen molar-refractivity contribution in [3.8, 4) is 11.5 Å². The second kappa shape index (κ2) is 10.1. The number of amides is 2. The fraction of sp³-hybridized carbons (Fsp3) is 0.130. The molecule has 9 nitrogen and oxygen atoms in total. The third-order valence-corrected chi connectivity index (χ3v) is 4.34. The van der Waals surface area contributed by atoms with Gasteiger partial charge in [-0.2, -0.15) is 5.10 Å². The maximum absolute atomic E-state index is 12.1.